The number of nitro benzene ring substituents is 1. The molecule has 1 N–H and O–H groups in total. The summed E-state index contributed by atoms with van der Waals surface area (Å²) in [7, 11) is 0. The van der Waals surface area contributed by atoms with E-state index in [0.717, 1.165) is 6.92 Å². The molecule has 1 aliphatic carbocycles. The van der Waals surface area contributed by atoms with Gasteiger partial charge in [-0.2, -0.15) is 4.39 Å². The molecular weight excluding hydrogens is 376 g/mol. The van der Waals surface area contributed by atoms with E-state index >= 15 is 0 Å². The molecule has 0 radical (unpaired) electrons. The molecule has 2 atom stereocenters. The van der Waals surface area contributed by atoms with Gasteiger partial charge in [0.25, 0.3) is 0 Å². The number of ether oxygens (including phenoxy) is 1. The number of aliphatic imine (C=N–C) groups is 1. The van der Waals surface area contributed by atoms with Crippen LogP contribution in [0.3, 0.4) is 0 Å². The lowest BCUT2D eigenvalue weighted by atomic mass is 10.0. The summed E-state index contributed by atoms with van der Waals surface area (Å²) in [5, 5.41) is 21.4. The summed E-state index contributed by atoms with van der Waals surface area (Å²) < 4.78 is 59.7. The van der Waals surface area contributed by atoms with E-state index in [4.69, 9.17) is 0 Å². The van der Waals surface area contributed by atoms with Gasteiger partial charge in [0, 0.05) is 18.2 Å². The average molecular weight is 390 g/mol. The first-order valence-corrected chi connectivity index (χ1v) is 7.71. The largest absolute Gasteiger partial charge is 0.506 e. The molecule has 146 valence electrons. The van der Waals surface area contributed by atoms with Crippen LogP contribution in [0.2, 0.25) is 0 Å². The molecule has 1 fully saturated rings. The van der Waals surface area contributed by atoms with E-state index in [1.807, 2.05) is 0 Å². The number of hydrogen-bond donors (Lipinski definition) is 1. The number of aliphatic hydroxyl groups is 1. The molecule has 0 aromatic heterocycles. The average Bonchev–Trinajstić information content (AvgIpc) is 3.31. The Morgan fingerprint density at radius 1 is 1.37 bits per heavy atom. The highest BCUT2D eigenvalue weighted by atomic mass is 19.2. The van der Waals surface area contributed by atoms with E-state index in [0.29, 0.717) is 6.21 Å². The van der Waals surface area contributed by atoms with Crippen molar-refractivity contribution in [3.8, 4) is 0 Å². The van der Waals surface area contributed by atoms with Crippen LogP contribution in [0.1, 0.15) is 24.5 Å². The second-order valence-corrected chi connectivity index (χ2v) is 5.63. The SMILES string of the molecule is CCOC(=O)C(C=NC1C[C@@H]1F)=C(O)c1c(F)c(C)c(F)c(F)c1[N+](=O)[O-]. The molecule has 0 heterocycles. The third-order valence-electron chi connectivity index (χ3n) is 3.76. The third kappa shape index (κ3) is 3.91. The Balaban J connectivity index is 2.75. The molecule has 0 aliphatic heterocycles. The molecule has 0 spiro atoms. The van der Waals surface area contributed by atoms with Crippen molar-refractivity contribution in [1.29, 1.82) is 0 Å². The summed E-state index contributed by atoms with van der Waals surface area (Å²) in [5.74, 6) is -8.08. The van der Waals surface area contributed by atoms with Gasteiger partial charge in [-0.05, 0) is 13.8 Å². The number of aliphatic hydroxyl groups excluding tert-OH is 1. The van der Waals surface area contributed by atoms with Crippen molar-refractivity contribution >= 4 is 23.6 Å². The van der Waals surface area contributed by atoms with Crippen LogP contribution in [-0.2, 0) is 9.53 Å². The second kappa shape index (κ2) is 7.72. The van der Waals surface area contributed by atoms with Crippen molar-refractivity contribution in [2.24, 2.45) is 4.99 Å². The Morgan fingerprint density at radius 2 is 1.96 bits per heavy atom. The van der Waals surface area contributed by atoms with Gasteiger partial charge in [0.05, 0.1) is 17.6 Å². The number of benzene rings is 1. The second-order valence-electron chi connectivity index (χ2n) is 5.63. The Hall–Kier alpha value is -2.98. The summed E-state index contributed by atoms with van der Waals surface area (Å²) in [5.41, 5.74) is -4.83. The number of esters is 1. The van der Waals surface area contributed by atoms with Crippen molar-refractivity contribution in [2.45, 2.75) is 32.5 Å². The smallest absolute Gasteiger partial charge is 0.343 e. The minimum Gasteiger partial charge on any atom is -0.506 e. The number of halogens is 4. The van der Waals surface area contributed by atoms with Gasteiger partial charge >= 0.3 is 11.7 Å². The van der Waals surface area contributed by atoms with Crippen molar-refractivity contribution in [1.82, 2.24) is 0 Å². The van der Waals surface area contributed by atoms with Gasteiger partial charge in [-0.3, -0.25) is 15.1 Å². The van der Waals surface area contributed by atoms with Gasteiger partial charge in [0.15, 0.2) is 5.82 Å². The molecule has 27 heavy (non-hydrogen) atoms. The number of carbonyl (C=O) groups is 1. The number of alkyl halides is 1. The lowest BCUT2D eigenvalue weighted by Crippen LogP contribution is -2.14. The van der Waals surface area contributed by atoms with Gasteiger partial charge in [-0.15, -0.1) is 0 Å². The highest BCUT2D eigenvalue weighted by Gasteiger charge is 2.38. The summed E-state index contributed by atoms with van der Waals surface area (Å²) in [4.78, 5) is 25.3. The van der Waals surface area contributed by atoms with Crippen LogP contribution in [0.5, 0.6) is 0 Å². The van der Waals surface area contributed by atoms with Crippen molar-refractivity contribution in [3.05, 3.63) is 44.3 Å². The molecule has 0 saturated heterocycles. The summed E-state index contributed by atoms with van der Waals surface area (Å²) in [6, 6.07) is -0.797. The first kappa shape index (κ1) is 20.3. The van der Waals surface area contributed by atoms with E-state index < -0.39 is 68.7 Å². The van der Waals surface area contributed by atoms with E-state index in [1.165, 1.54) is 6.92 Å². The molecule has 1 aromatic rings. The van der Waals surface area contributed by atoms with Crippen LogP contribution >= 0.6 is 0 Å². The highest BCUT2D eigenvalue weighted by Crippen LogP contribution is 2.36. The minimum absolute atomic E-state index is 0.0617. The standard InChI is InChI=1S/C16H14F4N2O5/c1-3-27-16(24)7(5-21-9-4-8(9)17)15(23)10-11(18)6(2)12(19)13(20)14(10)22(25)26/h5,8-9,23H,3-4H2,1-2H3/t8-,9?/m0/s1. The number of nitrogens with zero attached hydrogens (tertiary/aromatic N) is 2. The molecule has 0 bridgehead atoms. The summed E-state index contributed by atoms with van der Waals surface area (Å²) in [6.45, 7) is 2.03. The lowest BCUT2D eigenvalue weighted by molar-refractivity contribution is -0.388. The third-order valence-corrected chi connectivity index (χ3v) is 3.76. The molecular formula is C16H14F4N2O5. The van der Waals surface area contributed by atoms with Crippen LogP contribution in [0, 0.1) is 34.5 Å². The van der Waals surface area contributed by atoms with Crippen molar-refractivity contribution in [3.63, 3.8) is 0 Å². The van der Waals surface area contributed by atoms with Crippen LogP contribution in [0.15, 0.2) is 10.6 Å². The molecule has 0 amide bonds. The maximum atomic E-state index is 14.4. The summed E-state index contributed by atoms with van der Waals surface area (Å²) in [6.07, 6.45) is -0.535. The molecule has 1 aliphatic rings. The normalized spacial score (nSPS) is 19.8. The predicted octanol–water partition coefficient (Wildman–Crippen LogP) is 3.33. The highest BCUT2D eigenvalue weighted by molar-refractivity contribution is 6.15. The fraction of sp³-hybridized carbons (Fsp3) is 0.375. The van der Waals surface area contributed by atoms with E-state index in [-0.39, 0.29) is 13.0 Å². The number of rotatable bonds is 6. The number of nitro groups is 1. The Morgan fingerprint density at radius 3 is 2.44 bits per heavy atom. The van der Waals surface area contributed by atoms with Crippen LogP contribution in [0.25, 0.3) is 5.76 Å². The molecule has 1 aromatic carbocycles. The van der Waals surface area contributed by atoms with Crippen LogP contribution < -0.4 is 0 Å². The van der Waals surface area contributed by atoms with E-state index in [2.05, 4.69) is 9.73 Å². The Labute approximate surface area is 150 Å². The van der Waals surface area contributed by atoms with Crippen molar-refractivity contribution < 1.29 is 37.1 Å². The Kier molecular flexibility index (Phi) is 5.82. The molecule has 1 saturated carbocycles. The topological polar surface area (TPSA) is 102 Å². The van der Waals surface area contributed by atoms with Gasteiger partial charge in [-0.1, -0.05) is 0 Å². The van der Waals surface area contributed by atoms with Crippen LogP contribution in [0.4, 0.5) is 23.2 Å². The fourth-order valence-electron chi connectivity index (χ4n) is 2.18. The van der Waals surface area contributed by atoms with Crippen LogP contribution in [-0.4, -0.2) is 41.0 Å². The molecule has 2 rings (SSSR count). The van der Waals surface area contributed by atoms with Gasteiger partial charge in [-0.25, -0.2) is 18.0 Å². The fourth-order valence-corrected chi connectivity index (χ4v) is 2.18. The molecule has 7 nitrogen and oxygen atoms in total. The maximum absolute atomic E-state index is 14.4. The molecule has 1 unspecified atom stereocenters. The zero-order valence-electron chi connectivity index (χ0n) is 14.1. The first-order valence-electron chi connectivity index (χ1n) is 7.71. The molecule has 11 heteroatoms. The van der Waals surface area contributed by atoms with E-state index in [9.17, 15) is 37.6 Å². The first-order chi connectivity index (χ1) is 12.6. The minimum atomic E-state index is -2.01. The quantitative estimate of drug-likeness (QED) is 0.117. The maximum Gasteiger partial charge on any atom is 0.343 e. The van der Waals surface area contributed by atoms with E-state index in [1.54, 1.807) is 0 Å². The van der Waals surface area contributed by atoms with Gasteiger partial charge in [0.1, 0.15) is 28.9 Å². The predicted molar refractivity (Wildman–Crippen MR) is 85.7 cm³/mol. The zero-order chi connectivity index (χ0) is 20.5. The number of carbonyl (C=O) groups excluding carboxylic acids is 1. The van der Waals surface area contributed by atoms with Gasteiger partial charge in [0.2, 0.25) is 5.82 Å². The lowest BCUT2D eigenvalue weighted by Gasteiger charge is -2.11. The monoisotopic (exact) mass is 390 g/mol. The van der Waals surface area contributed by atoms with Gasteiger partial charge < -0.3 is 9.84 Å². The Bertz CT molecular complexity index is 869. The zero-order valence-corrected chi connectivity index (χ0v) is 14.1. The number of hydrogen-bond acceptors (Lipinski definition) is 6. The summed E-state index contributed by atoms with van der Waals surface area (Å²) >= 11 is 0. The van der Waals surface area contributed by atoms with Crippen molar-refractivity contribution in [2.75, 3.05) is 6.61 Å².